The van der Waals surface area contributed by atoms with Crippen LogP contribution in [0.4, 0.5) is 0 Å². The molecule has 0 fully saturated rings. The molecule has 5 aromatic rings. The molecule has 0 saturated heterocycles. The van der Waals surface area contributed by atoms with Crippen LogP contribution in [-0.2, 0) is 11.2 Å². The van der Waals surface area contributed by atoms with Gasteiger partial charge in [-0.3, -0.25) is 4.79 Å². The van der Waals surface area contributed by atoms with E-state index in [0.717, 1.165) is 48.6 Å². The number of aromatic amines is 1. The third-order valence-corrected chi connectivity index (χ3v) is 7.46. The lowest BCUT2D eigenvalue weighted by Crippen LogP contribution is -2.23. The van der Waals surface area contributed by atoms with E-state index in [1.165, 1.54) is 17.5 Å². The fourth-order valence-corrected chi connectivity index (χ4v) is 5.76. The summed E-state index contributed by atoms with van der Waals surface area (Å²) in [5.41, 5.74) is 5.52. The maximum Gasteiger partial charge on any atom is 0.344 e. The molecule has 0 atom stereocenters. The highest BCUT2D eigenvalue weighted by molar-refractivity contribution is 7.22. The third-order valence-electron chi connectivity index (χ3n) is 6.08. The average molecular weight is 560 g/mol. The molecule has 2 aromatic heterocycles. The summed E-state index contributed by atoms with van der Waals surface area (Å²) >= 11 is 7.85. The number of nitrogens with zero attached hydrogens (tertiary/aromatic N) is 2. The van der Waals surface area contributed by atoms with Crippen molar-refractivity contribution in [2.75, 3.05) is 0 Å². The zero-order chi connectivity index (χ0) is 27.9. The molecule has 0 aliphatic carbocycles. The predicted molar refractivity (Wildman–Crippen MR) is 156 cm³/mol. The van der Waals surface area contributed by atoms with E-state index < -0.39 is 17.3 Å². The minimum absolute atomic E-state index is 0.142. The first-order valence-electron chi connectivity index (χ1n) is 12.3. The minimum atomic E-state index is -0.919. The van der Waals surface area contributed by atoms with Crippen LogP contribution in [0.25, 0.3) is 43.0 Å². The lowest BCUT2D eigenvalue weighted by molar-refractivity contribution is -0.136. The molecular formula is C30H26ClN3O4S. The van der Waals surface area contributed by atoms with E-state index in [9.17, 15) is 14.7 Å². The molecule has 2 heterocycles. The first-order valence-corrected chi connectivity index (χ1v) is 13.5. The highest BCUT2D eigenvalue weighted by atomic mass is 35.5. The van der Waals surface area contributed by atoms with Gasteiger partial charge in [0, 0.05) is 39.7 Å². The van der Waals surface area contributed by atoms with Crippen molar-refractivity contribution < 1.29 is 14.6 Å². The molecule has 0 unspecified atom stereocenters. The average Bonchev–Trinajstić information content (AvgIpc) is 3.28. The zero-order valence-electron chi connectivity index (χ0n) is 21.8. The second kappa shape index (κ2) is 10.3. The summed E-state index contributed by atoms with van der Waals surface area (Å²) in [4.78, 5) is 34.7. The Morgan fingerprint density at radius 3 is 2.56 bits per heavy atom. The number of rotatable bonds is 6. The van der Waals surface area contributed by atoms with Crippen LogP contribution in [0.2, 0.25) is 5.02 Å². The van der Waals surface area contributed by atoms with Gasteiger partial charge in [0.05, 0.1) is 16.6 Å². The molecule has 39 heavy (non-hydrogen) atoms. The number of benzene rings is 3. The maximum atomic E-state index is 11.9. The number of hydrogen-bond donors (Lipinski definition) is 2. The van der Waals surface area contributed by atoms with Crippen LogP contribution >= 0.6 is 22.9 Å². The van der Waals surface area contributed by atoms with Gasteiger partial charge in [-0.1, -0.05) is 29.8 Å². The molecule has 0 aliphatic rings. The van der Waals surface area contributed by atoms with Crippen molar-refractivity contribution in [3.05, 3.63) is 87.6 Å². The molecule has 7 nitrogen and oxygen atoms in total. The Bertz CT molecular complexity index is 1770. The Balaban J connectivity index is 1.73. The normalized spacial score (nSPS) is 11.6. The number of halogens is 1. The number of hydrogen-bond acceptors (Lipinski definition) is 6. The summed E-state index contributed by atoms with van der Waals surface area (Å²) in [7, 11) is 0. The fourth-order valence-electron chi connectivity index (χ4n) is 4.47. The number of aliphatic carboxylic acids is 1. The smallest absolute Gasteiger partial charge is 0.344 e. The number of aryl methyl sites for hydroxylation is 1. The molecular weight excluding hydrogens is 534 g/mol. The van der Waals surface area contributed by atoms with E-state index in [4.69, 9.17) is 21.3 Å². The topological polar surface area (TPSA) is 105 Å². The van der Waals surface area contributed by atoms with Crippen molar-refractivity contribution in [1.82, 2.24) is 15.0 Å². The summed E-state index contributed by atoms with van der Waals surface area (Å²) in [5.74, 6) is -0.339. The largest absolute Gasteiger partial charge is 0.487 e. The van der Waals surface area contributed by atoms with Gasteiger partial charge in [-0.25, -0.2) is 14.8 Å². The van der Waals surface area contributed by atoms with Gasteiger partial charge in [-0.2, -0.15) is 0 Å². The monoisotopic (exact) mass is 559 g/mol. The van der Waals surface area contributed by atoms with Gasteiger partial charge in [-0.15, -0.1) is 11.3 Å². The van der Waals surface area contributed by atoms with E-state index >= 15 is 0 Å². The van der Waals surface area contributed by atoms with Crippen LogP contribution in [-0.4, -0.2) is 31.6 Å². The lowest BCUT2D eigenvalue weighted by atomic mass is 9.92. The van der Waals surface area contributed by atoms with Crippen LogP contribution in [0.15, 0.2) is 65.7 Å². The van der Waals surface area contributed by atoms with Crippen molar-refractivity contribution in [3.8, 4) is 38.6 Å². The van der Waals surface area contributed by atoms with E-state index in [-0.39, 0.29) is 6.42 Å². The predicted octanol–water partition coefficient (Wildman–Crippen LogP) is 7.15. The number of carboxylic acid groups (broad SMARTS) is 1. The number of thiazole rings is 1. The third kappa shape index (κ3) is 5.72. The second-order valence-electron chi connectivity index (χ2n) is 10.2. The summed E-state index contributed by atoms with van der Waals surface area (Å²) < 4.78 is 7.17. The molecule has 198 valence electrons. The number of nitrogens with one attached hydrogen (secondary N) is 1. The Labute approximate surface area is 234 Å². The molecule has 0 amide bonds. The van der Waals surface area contributed by atoms with E-state index in [2.05, 4.69) is 9.97 Å². The van der Waals surface area contributed by atoms with E-state index in [0.29, 0.717) is 16.3 Å². The molecule has 5 rings (SSSR count). The van der Waals surface area contributed by atoms with Crippen LogP contribution in [0.5, 0.6) is 5.75 Å². The number of carbonyl (C=O) groups is 1. The van der Waals surface area contributed by atoms with Gasteiger partial charge in [0.25, 0.3) is 0 Å². The van der Waals surface area contributed by atoms with Crippen LogP contribution < -0.4 is 10.4 Å². The molecule has 3 aromatic carbocycles. The van der Waals surface area contributed by atoms with Crippen LogP contribution in [0.1, 0.15) is 31.9 Å². The quantitative estimate of drug-likeness (QED) is 0.229. The number of H-pyrrole nitrogens is 1. The number of fused-ring (bicyclic) bond motifs is 1. The van der Waals surface area contributed by atoms with Crippen molar-refractivity contribution in [2.24, 2.45) is 0 Å². The van der Waals surface area contributed by atoms with Gasteiger partial charge in [0.15, 0.2) is 0 Å². The SMILES string of the molecule is Cc1cc2nc(-c3cccc(-c4cnc(=O)[nH]c4)c3)sc2c(-c2ccc(Cl)cc2OC(C)(C)C)c1CC(=O)O. The highest BCUT2D eigenvalue weighted by Crippen LogP contribution is 2.45. The first-order chi connectivity index (χ1) is 18.5. The van der Waals surface area contributed by atoms with Crippen LogP contribution in [0, 0.1) is 6.92 Å². The van der Waals surface area contributed by atoms with Gasteiger partial charge < -0.3 is 14.8 Å². The molecule has 0 saturated carbocycles. The van der Waals surface area contributed by atoms with Crippen molar-refractivity contribution in [3.63, 3.8) is 0 Å². The first kappa shape index (κ1) is 26.6. The summed E-state index contributed by atoms with van der Waals surface area (Å²) in [6.45, 7) is 7.77. The maximum absolute atomic E-state index is 11.9. The molecule has 0 aliphatic heterocycles. The fraction of sp³-hybridized carbons (Fsp3) is 0.200. The highest BCUT2D eigenvalue weighted by Gasteiger charge is 2.24. The van der Waals surface area contributed by atoms with Crippen molar-refractivity contribution in [2.45, 2.75) is 39.7 Å². The summed E-state index contributed by atoms with van der Waals surface area (Å²) in [6.07, 6.45) is 3.02. The Kier molecular flexibility index (Phi) is 7.01. The van der Waals surface area contributed by atoms with Crippen LogP contribution in [0.3, 0.4) is 0 Å². The Morgan fingerprint density at radius 2 is 1.87 bits per heavy atom. The molecule has 9 heteroatoms. The molecule has 2 N–H and O–H groups in total. The minimum Gasteiger partial charge on any atom is -0.487 e. The summed E-state index contributed by atoms with van der Waals surface area (Å²) in [6, 6.07) is 15.2. The number of ether oxygens (including phenoxy) is 1. The lowest BCUT2D eigenvalue weighted by Gasteiger charge is -2.24. The Hall–Kier alpha value is -4.01. The van der Waals surface area contributed by atoms with Gasteiger partial charge in [-0.05, 0) is 74.7 Å². The molecule has 0 bridgehead atoms. The van der Waals surface area contributed by atoms with Crippen molar-refractivity contribution >= 4 is 39.1 Å². The summed E-state index contributed by atoms with van der Waals surface area (Å²) in [5, 5.41) is 11.1. The zero-order valence-corrected chi connectivity index (χ0v) is 23.4. The van der Waals surface area contributed by atoms with E-state index in [1.54, 1.807) is 18.3 Å². The van der Waals surface area contributed by atoms with Gasteiger partial charge in [0.2, 0.25) is 0 Å². The van der Waals surface area contributed by atoms with Crippen molar-refractivity contribution in [1.29, 1.82) is 0 Å². The second-order valence-corrected chi connectivity index (χ2v) is 11.7. The van der Waals surface area contributed by atoms with Gasteiger partial charge in [0.1, 0.15) is 16.4 Å². The Morgan fingerprint density at radius 1 is 1.10 bits per heavy atom. The van der Waals surface area contributed by atoms with Gasteiger partial charge >= 0.3 is 11.7 Å². The molecule has 0 spiro atoms. The molecule has 0 radical (unpaired) electrons. The standard InChI is InChI=1S/C30H26ClN3O4S/c1-16-10-23-27(39-28(34-23)18-7-5-6-17(11-18)19-14-32-29(37)33-15-19)26(22(16)13-25(35)36)21-9-8-20(31)12-24(21)38-30(2,3)4/h5-12,14-15H,13H2,1-4H3,(H,35,36)(H,32,33,37). The van der Waals surface area contributed by atoms with E-state index in [1.807, 2.05) is 64.1 Å². The number of carboxylic acids is 1. The number of aromatic nitrogens is 3.